The van der Waals surface area contributed by atoms with Gasteiger partial charge in [0.05, 0.1) is 22.0 Å². The summed E-state index contributed by atoms with van der Waals surface area (Å²) in [5, 5.41) is 6.66. The Hall–Kier alpha value is -4.05. The van der Waals surface area contributed by atoms with Crippen LogP contribution in [0.2, 0.25) is 0 Å². The van der Waals surface area contributed by atoms with Crippen molar-refractivity contribution in [2.45, 2.75) is 36.6 Å². The smallest absolute Gasteiger partial charge is 0.262 e. The largest absolute Gasteiger partial charge is 0.383 e. The summed E-state index contributed by atoms with van der Waals surface area (Å²) in [5.41, 5.74) is 7.57. The van der Waals surface area contributed by atoms with Crippen LogP contribution >= 0.6 is 0 Å². The molecule has 36 heavy (non-hydrogen) atoms. The van der Waals surface area contributed by atoms with E-state index in [2.05, 4.69) is 14.7 Å². The minimum absolute atomic E-state index is 0.0790. The van der Waals surface area contributed by atoms with E-state index in [0.29, 0.717) is 27.7 Å². The fraction of sp³-hybridized carbons (Fsp3) is 0.192. The summed E-state index contributed by atoms with van der Waals surface area (Å²) in [6, 6.07) is 16.6. The number of nitrogens with one attached hydrogen (secondary N) is 1. The molecule has 0 radical (unpaired) electrons. The molecule has 3 aromatic carbocycles. The van der Waals surface area contributed by atoms with Crippen LogP contribution in [0.4, 0.5) is 15.9 Å². The fourth-order valence-corrected chi connectivity index (χ4v) is 6.27. The van der Waals surface area contributed by atoms with Gasteiger partial charge in [-0.25, -0.2) is 27.5 Å². The van der Waals surface area contributed by atoms with Gasteiger partial charge in [-0.2, -0.15) is 5.10 Å². The molecule has 1 aliphatic rings. The summed E-state index contributed by atoms with van der Waals surface area (Å²) in [7, 11) is -4.04. The van der Waals surface area contributed by atoms with Gasteiger partial charge in [0.2, 0.25) is 0 Å². The van der Waals surface area contributed by atoms with Gasteiger partial charge in [-0.15, -0.1) is 0 Å². The van der Waals surface area contributed by atoms with Crippen LogP contribution in [0.3, 0.4) is 0 Å². The van der Waals surface area contributed by atoms with Crippen molar-refractivity contribution in [2.24, 2.45) is 0 Å². The van der Waals surface area contributed by atoms with Gasteiger partial charge >= 0.3 is 0 Å². The first-order valence-electron chi connectivity index (χ1n) is 11.7. The van der Waals surface area contributed by atoms with Crippen LogP contribution in [0.1, 0.15) is 31.7 Å². The average molecular weight is 503 g/mol. The highest BCUT2D eigenvalue weighted by Gasteiger charge is 2.25. The summed E-state index contributed by atoms with van der Waals surface area (Å²) < 4.78 is 45.9. The number of benzene rings is 3. The summed E-state index contributed by atoms with van der Waals surface area (Å²) in [6.45, 7) is 0. The molecule has 0 bridgehead atoms. The molecule has 2 aromatic heterocycles. The van der Waals surface area contributed by atoms with Gasteiger partial charge in [0.1, 0.15) is 23.7 Å². The van der Waals surface area contributed by atoms with Crippen LogP contribution in [-0.2, 0) is 10.0 Å². The molecule has 8 nitrogen and oxygen atoms in total. The lowest BCUT2D eigenvalue weighted by molar-refractivity contribution is 0.479. The van der Waals surface area contributed by atoms with Crippen LogP contribution in [-0.4, -0.2) is 28.2 Å². The third-order valence-electron chi connectivity index (χ3n) is 6.71. The van der Waals surface area contributed by atoms with E-state index in [9.17, 15) is 8.42 Å². The average Bonchev–Trinajstić information content (AvgIpc) is 3.54. The van der Waals surface area contributed by atoms with E-state index in [1.54, 1.807) is 24.3 Å². The van der Waals surface area contributed by atoms with Crippen LogP contribution in [0, 0.1) is 5.82 Å². The zero-order chi connectivity index (χ0) is 24.9. The molecule has 3 N–H and O–H groups in total. The maximum atomic E-state index is 15.3. The van der Waals surface area contributed by atoms with E-state index >= 15 is 4.39 Å². The highest BCUT2D eigenvalue weighted by Crippen LogP contribution is 2.37. The minimum atomic E-state index is -4.04. The van der Waals surface area contributed by atoms with Crippen molar-refractivity contribution in [3.8, 4) is 11.3 Å². The standard InChI is InChI=1S/C26H23FN6O2S/c27-20-14-17(24-23-25(28)29-15-30-26(23)33(31-24)18-8-2-3-9-18)12-13-21(20)32-36(34,35)22-11-5-7-16-6-1-4-10-19(16)22/h1,4-7,10-15,18,32H,2-3,8-9H2,(H2,28,29,30). The van der Waals surface area contributed by atoms with E-state index in [4.69, 9.17) is 10.8 Å². The van der Waals surface area contributed by atoms with Crippen molar-refractivity contribution >= 4 is 43.3 Å². The highest BCUT2D eigenvalue weighted by molar-refractivity contribution is 7.93. The van der Waals surface area contributed by atoms with Gasteiger partial charge in [-0.3, -0.25) is 4.72 Å². The van der Waals surface area contributed by atoms with E-state index < -0.39 is 15.8 Å². The molecule has 2 heterocycles. The van der Waals surface area contributed by atoms with Gasteiger partial charge in [-0.05, 0) is 36.4 Å². The molecular weight excluding hydrogens is 479 g/mol. The summed E-state index contributed by atoms with van der Waals surface area (Å²) in [4.78, 5) is 8.59. The number of halogens is 1. The van der Waals surface area contributed by atoms with Gasteiger partial charge in [0.25, 0.3) is 10.0 Å². The van der Waals surface area contributed by atoms with Crippen molar-refractivity contribution < 1.29 is 12.8 Å². The Morgan fingerprint density at radius 2 is 1.78 bits per heavy atom. The van der Waals surface area contributed by atoms with Gasteiger partial charge in [-0.1, -0.05) is 55.3 Å². The third kappa shape index (κ3) is 3.74. The molecule has 5 aromatic rings. The van der Waals surface area contributed by atoms with E-state index in [-0.39, 0.29) is 22.4 Å². The van der Waals surface area contributed by atoms with Crippen LogP contribution in [0.15, 0.2) is 71.9 Å². The zero-order valence-electron chi connectivity index (χ0n) is 19.2. The molecule has 6 rings (SSSR count). The maximum Gasteiger partial charge on any atom is 0.262 e. The van der Waals surface area contributed by atoms with Crippen LogP contribution < -0.4 is 10.5 Å². The first-order valence-corrected chi connectivity index (χ1v) is 13.2. The number of hydrogen-bond acceptors (Lipinski definition) is 6. The molecule has 0 saturated heterocycles. The Kier molecular flexibility index (Phi) is 5.33. The molecule has 0 unspecified atom stereocenters. The Balaban J connectivity index is 1.39. The number of rotatable bonds is 5. The maximum absolute atomic E-state index is 15.3. The van der Waals surface area contributed by atoms with E-state index in [1.165, 1.54) is 24.5 Å². The molecule has 182 valence electrons. The molecule has 0 atom stereocenters. The Bertz CT molecular complexity index is 1720. The fourth-order valence-electron chi connectivity index (χ4n) is 4.98. The number of hydrogen-bond donors (Lipinski definition) is 2. The SMILES string of the molecule is Nc1ncnc2c1c(-c1ccc(NS(=O)(=O)c3cccc4ccccc34)c(F)c1)nn2C1CCCC1. The lowest BCUT2D eigenvalue weighted by atomic mass is 10.1. The van der Waals surface area contributed by atoms with E-state index in [1.807, 2.05) is 22.9 Å². The molecule has 0 amide bonds. The predicted octanol–water partition coefficient (Wildman–Crippen LogP) is 5.28. The highest BCUT2D eigenvalue weighted by atomic mass is 32.2. The van der Waals surface area contributed by atoms with Gasteiger partial charge < -0.3 is 5.73 Å². The molecule has 1 saturated carbocycles. The van der Waals surface area contributed by atoms with E-state index in [0.717, 1.165) is 31.1 Å². The molecule has 0 aliphatic heterocycles. The molecule has 1 aliphatic carbocycles. The molecule has 0 spiro atoms. The van der Waals surface area contributed by atoms with Gasteiger partial charge in [0, 0.05) is 10.9 Å². The number of sulfonamides is 1. The Morgan fingerprint density at radius 1 is 1.00 bits per heavy atom. The monoisotopic (exact) mass is 502 g/mol. The predicted molar refractivity (Wildman–Crippen MR) is 137 cm³/mol. The van der Waals surface area contributed by atoms with Crippen molar-refractivity contribution in [1.29, 1.82) is 0 Å². The number of aromatic nitrogens is 4. The topological polar surface area (TPSA) is 116 Å². The first-order chi connectivity index (χ1) is 17.4. The lowest BCUT2D eigenvalue weighted by Gasteiger charge is -2.12. The Morgan fingerprint density at radius 3 is 2.58 bits per heavy atom. The molecule has 1 fully saturated rings. The second-order valence-electron chi connectivity index (χ2n) is 8.97. The number of fused-ring (bicyclic) bond motifs is 2. The first kappa shape index (κ1) is 22.4. The number of anilines is 2. The summed E-state index contributed by atoms with van der Waals surface area (Å²) in [6.07, 6.45) is 5.61. The molecule has 10 heteroatoms. The van der Waals surface area contributed by atoms with Gasteiger partial charge in [0.15, 0.2) is 5.65 Å². The normalized spacial score (nSPS) is 14.6. The van der Waals surface area contributed by atoms with Crippen molar-refractivity contribution in [1.82, 2.24) is 19.7 Å². The second-order valence-corrected chi connectivity index (χ2v) is 10.6. The Labute approximate surface area is 207 Å². The van der Waals surface area contributed by atoms with Crippen LogP contribution in [0.5, 0.6) is 0 Å². The van der Waals surface area contributed by atoms with Crippen molar-refractivity contribution in [3.05, 3.63) is 72.8 Å². The number of nitrogen functional groups attached to an aromatic ring is 1. The lowest BCUT2D eigenvalue weighted by Crippen LogP contribution is -2.14. The summed E-state index contributed by atoms with van der Waals surface area (Å²) in [5.74, 6) is -0.462. The molecular formula is C26H23FN6O2S. The minimum Gasteiger partial charge on any atom is -0.383 e. The second kappa shape index (κ2) is 8.56. The van der Waals surface area contributed by atoms with Crippen molar-refractivity contribution in [2.75, 3.05) is 10.5 Å². The van der Waals surface area contributed by atoms with Crippen LogP contribution in [0.25, 0.3) is 33.1 Å². The summed E-state index contributed by atoms with van der Waals surface area (Å²) >= 11 is 0. The zero-order valence-corrected chi connectivity index (χ0v) is 20.0. The van der Waals surface area contributed by atoms with Crippen molar-refractivity contribution in [3.63, 3.8) is 0 Å². The third-order valence-corrected chi connectivity index (χ3v) is 8.14. The quantitative estimate of drug-likeness (QED) is 0.338. The number of nitrogens with two attached hydrogens (primary N) is 1. The number of nitrogens with zero attached hydrogens (tertiary/aromatic N) is 4.